The molecule has 1 saturated carbocycles. The molecule has 0 aliphatic heterocycles. The van der Waals surface area contributed by atoms with Gasteiger partial charge in [0.05, 0.1) is 12.7 Å². The number of hydrogen-bond acceptors (Lipinski definition) is 5. The Morgan fingerprint density at radius 3 is 2.56 bits per heavy atom. The maximum absolute atomic E-state index is 14.1. The number of halogens is 3. The molecule has 0 amide bonds. The number of hydrogen-bond donors (Lipinski definition) is 3. The first-order valence-electron chi connectivity index (χ1n) is 11.0. The molecule has 0 saturated heterocycles. The number of nitrogens with one attached hydrogen (secondary N) is 3. The van der Waals surface area contributed by atoms with Crippen LogP contribution in [0, 0.1) is 11.2 Å². The van der Waals surface area contributed by atoms with Gasteiger partial charge in [-0.25, -0.2) is 18.2 Å². The van der Waals surface area contributed by atoms with Crippen molar-refractivity contribution in [3.05, 3.63) is 75.6 Å². The van der Waals surface area contributed by atoms with Crippen molar-refractivity contribution in [2.24, 2.45) is 0 Å². The molecule has 0 bridgehead atoms. The quantitative estimate of drug-likeness (QED) is 0.416. The summed E-state index contributed by atoms with van der Waals surface area (Å²) < 4.78 is 46.3. The van der Waals surface area contributed by atoms with E-state index in [2.05, 4.69) is 15.3 Å². The fourth-order valence-corrected chi connectivity index (χ4v) is 4.18. The fourth-order valence-electron chi connectivity index (χ4n) is 4.18. The third-order valence-electron chi connectivity index (χ3n) is 6.03. The normalized spacial score (nSPS) is 15.6. The Morgan fingerprint density at radius 2 is 1.91 bits per heavy atom. The summed E-state index contributed by atoms with van der Waals surface area (Å²) in [7, 11) is 1.57. The highest BCUT2D eigenvalue weighted by molar-refractivity contribution is 5.83. The van der Waals surface area contributed by atoms with Crippen LogP contribution in [0.15, 0.2) is 47.3 Å². The van der Waals surface area contributed by atoms with Crippen molar-refractivity contribution in [3.8, 4) is 16.9 Å². The third kappa shape index (κ3) is 5.30. The van der Waals surface area contributed by atoms with E-state index < -0.39 is 17.3 Å². The predicted molar refractivity (Wildman–Crippen MR) is 125 cm³/mol. The molecular weight excluding hydrogens is 445 g/mol. The van der Waals surface area contributed by atoms with Crippen molar-refractivity contribution in [2.75, 3.05) is 12.4 Å². The Bertz CT molecular complexity index is 1230. The Morgan fingerprint density at radius 1 is 1.21 bits per heavy atom. The van der Waals surface area contributed by atoms with Gasteiger partial charge in [0.2, 0.25) is 5.92 Å². The largest absolute Gasteiger partial charge is 0.497 e. The number of rotatable bonds is 7. The smallest absolute Gasteiger partial charge is 0.261 e. The van der Waals surface area contributed by atoms with Crippen LogP contribution in [0.3, 0.4) is 0 Å². The summed E-state index contributed by atoms with van der Waals surface area (Å²) in [5.41, 5.74) is 1.73. The van der Waals surface area contributed by atoms with Crippen LogP contribution in [-0.2, 0) is 6.42 Å². The number of anilines is 1. The Hall–Kier alpha value is -3.62. The van der Waals surface area contributed by atoms with Gasteiger partial charge in [0.1, 0.15) is 23.2 Å². The third-order valence-corrected chi connectivity index (χ3v) is 6.03. The van der Waals surface area contributed by atoms with Crippen molar-refractivity contribution in [3.63, 3.8) is 0 Å². The molecule has 0 unspecified atom stereocenters. The van der Waals surface area contributed by atoms with E-state index in [1.807, 2.05) is 12.1 Å². The summed E-state index contributed by atoms with van der Waals surface area (Å²) in [6.45, 7) is 0. The van der Waals surface area contributed by atoms with E-state index in [0.29, 0.717) is 11.3 Å². The standard InChI is InChI=1S/C25H25F3N4O2/c1-34-19-5-2-15(3-6-19)20-7-4-17(26)12-16(20)13-22-31-23(21(14-29)24(33)32-22)30-18-8-10-25(27,28)11-9-18/h2-7,12,14,18,29H,8-11,13H2,1H3,(H2,30,31,32,33). The molecule has 1 aliphatic carbocycles. The molecule has 2 aromatic carbocycles. The molecule has 0 radical (unpaired) electrons. The molecule has 0 spiro atoms. The lowest BCUT2D eigenvalue weighted by Crippen LogP contribution is -2.33. The first-order chi connectivity index (χ1) is 16.3. The van der Waals surface area contributed by atoms with Gasteiger partial charge >= 0.3 is 0 Å². The number of methoxy groups -OCH3 is 1. The minimum Gasteiger partial charge on any atom is -0.497 e. The zero-order valence-electron chi connectivity index (χ0n) is 18.6. The lowest BCUT2D eigenvalue weighted by molar-refractivity contribution is -0.0361. The molecule has 1 aromatic heterocycles. The van der Waals surface area contributed by atoms with Crippen molar-refractivity contribution in [1.29, 1.82) is 5.41 Å². The summed E-state index contributed by atoms with van der Waals surface area (Å²) in [5.74, 6) is -1.96. The van der Waals surface area contributed by atoms with Crippen LogP contribution in [0.2, 0.25) is 0 Å². The summed E-state index contributed by atoms with van der Waals surface area (Å²) >= 11 is 0. The Kier molecular flexibility index (Phi) is 6.72. The number of nitrogens with zero attached hydrogens (tertiary/aromatic N) is 1. The highest BCUT2D eigenvalue weighted by Crippen LogP contribution is 2.34. The maximum Gasteiger partial charge on any atom is 0.261 e. The molecule has 9 heteroatoms. The number of benzene rings is 2. The van der Waals surface area contributed by atoms with Crippen molar-refractivity contribution in [1.82, 2.24) is 9.97 Å². The second-order valence-electron chi connectivity index (χ2n) is 8.40. The van der Waals surface area contributed by atoms with Gasteiger partial charge < -0.3 is 20.4 Å². The molecule has 1 aliphatic rings. The van der Waals surface area contributed by atoms with Gasteiger partial charge in [0.15, 0.2) is 0 Å². The first-order valence-corrected chi connectivity index (χ1v) is 11.0. The molecule has 0 atom stereocenters. The van der Waals surface area contributed by atoms with Crippen LogP contribution in [0.5, 0.6) is 5.75 Å². The first kappa shape index (κ1) is 23.5. The Labute approximate surface area is 194 Å². The summed E-state index contributed by atoms with van der Waals surface area (Å²) in [5, 5.41) is 10.7. The van der Waals surface area contributed by atoms with E-state index in [0.717, 1.165) is 17.3 Å². The SMILES string of the molecule is COc1ccc(-c2ccc(F)cc2Cc2nc(NC3CCC(F)(F)CC3)c(C=N)c(=O)[nH]2)cc1. The van der Waals surface area contributed by atoms with Crippen LogP contribution in [-0.4, -0.2) is 35.3 Å². The minimum absolute atomic E-state index is 0.0238. The Balaban J connectivity index is 1.65. The van der Waals surface area contributed by atoms with Gasteiger partial charge in [-0.2, -0.15) is 0 Å². The van der Waals surface area contributed by atoms with E-state index in [1.54, 1.807) is 25.3 Å². The summed E-state index contributed by atoms with van der Waals surface area (Å²) in [4.78, 5) is 19.8. The number of alkyl halides is 2. The van der Waals surface area contributed by atoms with Crippen LogP contribution < -0.4 is 15.6 Å². The second-order valence-corrected chi connectivity index (χ2v) is 8.40. The molecule has 3 aromatic rings. The highest BCUT2D eigenvalue weighted by atomic mass is 19.3. The lowest BCUT2D eigenvalue weighted by atomic mass is 9.92. The fraction of sp³-hybridized carbons (Fsp3) is 0.320. The van der Waals surface area contributed by atoms with Crippen LogP contribution in [0.1, 0.15) is 42.6 Å². The van der Waals surface area contributed by atoms with Gasteiger partial charge in [0.25, 0.3) is 5.56 Å². The van der Waals surface area contributed by atoms with Gasteiger partial charge in [-0.1, -0.05) is 18.2 Å². The molecule has 34 heavy (non-hydrogen) atoms. The summed E-state index contributed by atoms with van der Waals surface area (Å²) in [6, 6.07) is 11.5. The van der Waals surface area contributed by atoms with Gasteiger partial charge in [-0.3, -0.25) is 4.79 Å². The number of H-pyrrole nitrogens is 1. The van der Waals surface area contributed by atoms with Crippen molar-refractivity contribution in [2.45, 2.75) is 44.1 Å². The van der Waals surface area contributed by atoms with Crippen LogP contribution in [0.25, 0.3) is 11.1 Å². The van der Waals surface area contributed by atoms with E-state index in [9.17, 15) is 18.0 Å². The topological polar surface area (TPSA) is 90.9 Å². The lowest BCUT2D eigenvalue weighted by Gasteiger charge is -2.29. The number of ether oxygens (including phenoxy) is 1. The van der Waals surface area contributed by atoms with Gasteiger partial charge in [0, 0.05) is 31.5 Å². The average molecular weight is 470 g/mol. The monoisotopic (exact) mass is 470 g/mol. The molecule has 1 fully saturated rings. The molecule has 178 valence electrons. The van der Waals surface area contributed by atoms with Crippen LogP contribution in [0.4, 0.5) is 19.0 Å². The van der Waals surface area contributed by atoms with Gasteiger partial charge in [-0.05, 0) is 53.8 Å². The molecular formula is C25H25F3N4O2. The second kappa shape index (κ2) is 9.70. The number of aromatic nitrogens is 2. The molecule has 4 rings (SSSR count). The minimum atomic E-state index is -2.68. The van der Waals surface area contributed by atoms with E-state index in [4.69, 9.17) is 10.1 Å². The average Bonchev–Trinajstić information content (AvgIpc) is 2.81. The van der Waals surface area contributed by atoms with Crippen molar-refractivity contribution >= 4 is 12.0 Å². The predicted octanol–water partition coefficient (Wildman–Crippen LogP) is 5.16. The maximum atomic E-state index is 14.1. The van der Waals surface area contributed by atoms with E-state index in [-0.39, 0.29) is 55.4 Å². The molecule has 1 heterocycles. The molecule has 6 nitrogen and oxygen atoms in total. The number of aromatic amines is 1. The summed E-state index contributed by atoms with van der Waals surface area (Å²) in [6.07, 6.45) is 1.01. The van der Waals surface area contributed by atoms with E-state index >= 15 is 0 Å². The molecule has 3 N–H and O–H groups in total. The van der Waals surface area contributed by atoms with Gasteiger partial charge in [-0.15, -0.1) is 0 Å². The van der Waals surface area contributed by atoms with Crippen LogP contribution >= 0.6 is 0 Å². The highest BCUT2D eigenvalue weighted by Gasteiger charge is 2.35. The zero-order valence-corrected chi connectivity index (χ0v) is 18.6. The van der Waals surface area contributed by atoms with E-state index in [1.165, 1.54) is 12.1 Å². The zero-order chi connectivity index (χ0) is 24.3. The van der Waals surface area contributed by atoms with Crippen molar-refractivity contribution < 1.29 is 17.9 Å².